The molecule has 0 amide bonds. The van der Waals surface area contributed by atoms with Gasteiger partial charge in [-0.05, 0) is 104 Å². The fourth-order valence-corrected chi connectivity index (χ4v) is 4.56. The lowest BCUT2D eigenvalue weighted by Crippen LogP contribution is -2.38. The number of para-hydroxylation sites is 1. The van der Waals surface area contributed by atoms with E-state index in [4.69, 9.17) is 10.5 Å². The zero-order chi connectivity index (χ0) is 23.3. The van der Waals surface area contributed by atoms with Gasteiger partial charge in [0.25, 0.3) is 0 Å². The Labute approximate surface area is 197 Å². The molecule has 1 aliphatic rings. The Morgan fingerprint density at radius 1 is 1.03 bits per heavy atom. The second-order valence-electron chi connectivity index (χ2n) is 9.93. The summed E-state index contributed by atoms with van der Waals surface area (Å²) in [6.45, 7) is 5.37. The summed E-state index contributed by atoms with van der Waals surface area (Å²) in [4.78, 5) is 0. The van der Waals surface area contributed by atoms with Crippen LogP contribution in [0.3, 0.4) is 0 Å². The van der Waals surface area contributed by atoms with E-state index in [0.29, 0.717) is 18.3 Å². The van der Waals surface area contributed by atoms with Crippen LogP contribution in [0.4, 0.5) is 5.69 Å². The molecule has 1 unspecified atom stereocenters. The van der Waals surface area contributed by atoms with Crippen LogP contribution in [0.25, 0.3) is 0 Å². The third kappa shape index (κ3) is 6.52. The first kappa shape index (κ1) is 23.2. The molecular weight excluding hydrogens is 408 g/mol. The van der Waals surface area contributed by atoms with Gasteiger partial charge in [0.05, 0.1) is 0 Å². The van der Waals surface area contributed by atoms with Crippen molar-refractivity contribution in [1.82, 2.24) is 0 Å². The highest BCUT2D eigenvalue weighted by atomic mass is 16.5. The molecule has 0 bridgehead atoms. The molecule has 0 saturated heterocycles. The lowest BCUT2D eigenvalue weighted by Gasteiger charge is -2.27. The van der Waals surface area contributed by atoms with E-state index in [1.807, 2.05) is 38.1 Å². The molecule has 0 radical (unpaired) electrons. The van der Waals surface area contributed by atoms with Crippen LogP contribution in [0.2, 0.25) is 0 Å². The van der Waals surface area contributed by atoms with Crippen molar-refractivity contribution in [3.05, 3.63) is 89.0 Å². The van der Waals surface area contributed by atoms with Crippen LogP contribution in [0.1, 0.15) is 54.9 Å². The number of phenolic OH excluding ortho intramolecular Hbond substituents is 1. The largest absolute Gasteiger partial charge is 0.508 e. The fourth-order valence-electron chi connectivity index (χ4n) is 4.56. The van der Waals surface area contributed by atoms with Gasteiger partial charge < -0.3 is 20.9 Å². The molecule has 33 heavy (non-hydrogen) atoms. The molecule has 3 aromatic rings. The summed E-state index contributed by atoms with van der Waals surface area (Å²) in [7, 11) is 0. The Hall–Kier alpha value is -2.98. The van der Waals surface area contributed by atoms with Crippen molar-refractivity contribution in [2.75, 3.05) is 18.5 Å². The van der Waals surface area contributed by atoms with Gasteiger partial charge in [-0.25, -0.2) is 0 Å². The number of benzene rings is 3. The van der Waals surface area contributed by atoms with Crippen molar-refractivity contribution in [1.29, 1.82) is 0 Å². The minimum absolute atomic E-state index is 0.329. The number of aromatic hydroxyl groups is 1. The normalized spacial score (nSPS) is 15.7. The number of nitrogens with one attached hydrogen (secondary N) is 1. The molecular formula is C29H36N2O2. The number of rotatable bonds is 9. The molecule has 3 aromatic carbocycles. The molecule has 174 valence electrons. The van der Waals surface area contributed by atoms with E-state index >= 15 is 0 Å². The highest BCUT2D eigenvalue weighted by molar-refractivity contribution is 5.54. The fraction of sp³-hybridized carbons (Fsp3) is 0.379. The van der Waals surface area contributed by atoms with E-state index in [1.54, 1.807) is 0 Å². The second kappa shape index (κ2) is 10.3. The van der Waals surface area contributed by atoms with Crippen LogP contribution in [0, 0.1) is 0 Å². The number of hydrogen-bond acceptors (Lipinski definition) is 4. The number of nitrogens with two attached hydrogens (primary N) is 1. The average Bonchev–Trinajstić information content (AvgIpc) is 2.81. The maximum absolute atomic E-state index is 9.76. The van der Waals surface area contributed by atoms with Crippen LogP contribution in [-0.4, -0.2) is 23.8 Å². The van der Waals surface area contributed by atoms with Crippen molar-refractivity contribution in [3.63, 3.8) is 0 Å². The second-order valence-corrected chi connectivity index (χ2v) is 9.93. The van der Waals surface area contributed by atoms with Gasteiger partial charge in [0.2, 0.25) is 0 Å². The lowest BCUT2D eigenvalue weighted by atomic mass is 9.79. The number of aryl methyl sites for hydroxylation is 2. The molecule has 1 aliphatic carbocycles. The Morgan fingerprint density at radius 2 is 1.82 bits per heavy atom. The van der Waals surface area contributed by atoms with Gasteiger partial charge in [-0.1, -0.05) is 36.4 Å². The molecule has 0 saturated carbocycles. The molecule has 0 heterocycles. The van der Waals surface area contributed by atoms with Gasteiger partial charge in [0.1, 0.15) is 18.1 Å². The van der Waals surface area contributed by atoms with Crippen molar-refractivity contribution >= 4 is 5.69 Å². The predicted molar refractivity (Wildman–Crippen MR) is 136 cm³/mol. The number of hydrogen-bond donors (Lipinski definition) is 3. The summed E-state index contributed by atoms with van der Waals surface area (Å²) in [6, 6.07) is 22.9. The van der Waals surface area contributed by atoms with Gasteiger partial charge in [-0.15, -0.1) is 0 Å². The quantitative estimate of drug-likeness (QED) is 0.364. The average molecular weight is 445 g/mol. The van der Waals surface area contributed by atoms with Crippen LogP contribution in [0.15, 0.2) is 66.7 Å². The van der Waals surface area contributed by atoms with E-state index in [0.717, 1.165) is 44.4 Å². The monoisotopic (exact) mass is 444 g/mol. The molecule has 4 heteroatoms. The van der Waals surface area contributed by atoms with Gasteiger partial charge >= 0.3 is 0 Å². The molecule has 0 spiro atoms. The molecule has 0 aromatic heterocycles. The summed E-state index contributed by atoms with van der Waals surface area (Å²) < 4.78 is 5.76. The van der Waals surface area contributed by atoms with E-state index in [9.17, 15) is 5.11 Å². The Kier molecular flexibility index (Phi) is 7.24. The van der Waals surface area contributed by atoms with E-state index in [1.165, 1.54) is 27.9 Å². The standard InChI is InChI=1S/C29H36N2O2/c1-29(2,30)20-33-26-15-9-21(10-16-26)6-5-17-31-28-8-4-3-7-27(28)24-12-11-23-19-25(32)14-13-22(23)18-24/h3-4,7-10,13-16,19,24,31-32H,5-6,11-12,17-18,20,30H2,1-2H3. The van der Waals surface area contributed by atoms with Gasteiger partial charge in [-0.2, -0.15) is 0 Å². The van der Waals surface area contributed by atoms with E-state index in [-0.39, 0.29) is 5.54 Å². The summed E-state index contributed by atoms with van der Waals surface area (Å²) in [5.41, 5.74) is 12.3. The van der Waals surface area contributed by atoms with Gasteiger partial charge in [0.15, 0.2) is 0 Å². The highest BCUT2D eigenvalue weighted by Gasteiger charge is 2.22. The SMILES string of the molecule is CC(C)(N)COc1ccc(CCCNc2ccccc2C2CCc3cc(O)ccc3C2)cc1. The van der Waals surface area contributed by atoms with Gasteiger partial charge in [-0.3, -0.25) is 0 Å². The summed E-state index contributed by atoms with van der Waals surface area (Å²) in [5.74, 6) is 1.75. The first-order valence-corrected chi connectivity index (χ1v) is 12.0. The van der Waals surface area contributed by atoms with Crippen molar-refractivity contribution in [3.8, 4) is 11.5 Å². The molecule has 0 fully saturated rings. The topological polar surface area (TPSA) is 67.5 Å². The summed E-state index contributed by atoms with van der Waals surface area (Å²) in [6.07, 6.45) is 5.26. The predicted octanol–water partition coefficient (Wildman–Crippen LogP) is 5.83. The highest BCUT2D eigenvalue weighted by Crippen LogP contribution is 2.37. The third-order valence-electron chi connectivity index (χ3n) is 6.31. The first-order valence-electron chi connectivity index (χ1n) is 12.0. The number of phenols is 1. The molecule has 4 N–H and O–H groups in total. The third-order valence-corrected chi connectivity index (χ3v) is 6.31. The Bertz CT molecular complexity index is 1050. The van der Waals surface area contributed by atoms with Crippen molar-refractivity contribution in [2.24, 2.45) is 5.73 Å². The lowest BCUT2D eigenvalue weighted by molar-refractivity contribution is 0.243. The molecule has 0 aliphatic heterocycles. The van der Waals surface area contributed by atoms with Crippen LogP contribution < -0.4 is 15.8 Å². The van der Waals surface area contributed by atoms with Crippen molar-refractivity contribution in [2.45, 2.75) is 57.4 Å². The minimum Gasteiger partial charge on any atom is -0.508 e. The maximum Gasteiger partial charge on any atom is 0.119 e. The molecule has 1 atom stereocenters. The molecule has 4 rings (SSSR count). The zero-order valence-corrected chi connectivity index (χ0v) is 19.8. The van der Waals surface area contributed by atoms with Gasteiger partial charge in [0, 0.05) is 17.8 Å². The van der Waals surface area contributed by atoms with Crippen molar-refractivity contribution < 1.29 is 9.84 Å². The molecule has 4 nitrogen and oxygen atoms in total. The van der Waals surface area contributed by atoms with Crippen LogP contribution in [-0.2, 0) is 19.3 Å². The number of fused-ring (bicyclic) bond motifs is 1. The Morgan fingerprint density at radius 3 is 2.61 bits per heavy atom. The van der Waals surface area contributed by atoms with Crippen LogP contribution >= 0.6 is 0 Å². The first-order chi connectivity index (χ1) is 15.9. The summed E-state index contributed by atoms with van der Waals surface area (Å²) >= 11 is 0. The maximum atomic E-state index is 9.76. The smallest absolute Gasteiger partial charge is 0.119 e. The van der Waals surface area contributed by atoms with E-state index in [2.05, 4.69) is 47.8 Å². The zero-order valence-electron chi connectivity index (χ0n) is 19.8. The summed E-state index contributed by atoms with van der Waals surface area (Å²) in [5, 5.41) is 13.4. The van der Waals surface area contributed by atoms with Crippen LogP contribution in [0.5, 0.6) is 11.5 Å². The van der Waals surface area contributed by atoms with E-state index < -0.39 is 0 Å². The minimum atomic E-state index is -0.329. The number of ether oxygens (including phenoxy) is 1. The number of anilines is 1. The Balaban J connectivity index is 1.29.